The van der Waals surface area contributed by atoms with E-state index in [1.165, 1.54) is 0 Å². The summed E-state index contributed by atoms with van der Waals surface area (Å²) >= 11 is 5.01. The molecule has 0 atom stereocenters. The van der Waals surface area contributed by atoms with Crippen LogP contribution in [0.25, 0.3) is 6.08 Å². The number of benzene rings is 1. The molecular weight excluding hydrogens is 234 g/mol. The summed E-state index contributed by atoms with van der Waals surface area (Å²) in [7, 11) is 3.98. The highest BCUT2D eigenvalue weighted by atomic mass is 32.1. The van der Waals surface area contributed by atoms with E-state index in [4.69, 9.17) is 12.2 Å². The van der Waals surface area contributed by atoms with Gasteiger partial charge in [-0.25, -0.2) is 4.79 Å². The summed E-state index contributed by atoms with van der Waals surface area (Å²) < 4.78 is 0. The van der Waals surface area contributed by atoms with Crippen LogP contribution in [0.3, 0.4) is 0 Å². The van der Waals surface area contributed by atoms with Crippen molar-refractivity contribution in [3.63, 3.8) is 0 Å². The van der Waals surface area contributed by atoms with Crippen LogP contribution in [0.5, 0.6) is 0 Å². The molecule has 0 saturated carbocycles. The van der Waals surface area contributed by atoms with Crippen molar-refractivity contribution < 1.29 is 4.79 Å². The molecule has 1 aromatic carbocycles. The molecule has 1 aromatic rings. The van der Waals surface area contributed by atoms with E-state index in [0.717, 1.165) is 11.3 Å². The highest BCUT2D eigenvalue weighted by Crippen LogP contribution is 2.15. The minimum atomic E-state index is -0.272. The maximum absolute atomic E-state index is 11.0. The second-order valence-electron chi connectivity index (χ2n) is 3.95. The van der Waals surface area contributed by atoms with Gasteiger partial charge in [-0.15, -0.1) is 0 Å². The molecule has 0 unspecified atom stereocenters. The first kappa shape index (κ1) is 11.6. The van der Waals surface area contributed by atoms with Gasteiger partial charge in [0.1, 0.15) is 4.99 Å². The third-order valence-electron chi connectivity index (χ3n) is 2.44. The van der Waals surface area contributed by atoms with Crippen LogP contribution >= 0.6 is 12.2 Å². The van der Waals surface area contributed by atoms with Crippen molar-refractivity contribution in [1.82, 2.24) is 10.6 Å². The standard InChI is InChI=1S/C12H13N3OS/c1-15(2)9-5-3-8(4-6-9)7-10-11(17)14-12(16)13-10/h3-7H,1-2H3,(H2,13,14,16,17)/b10-7+. The number of hydrogen-bond donors (Lipinski definition) is 2. The summed E-state index contributed by atoms with van der Waals surface area (Å²) in [5, 5.41) is 5.17. The lowest BCUT2D eigenvalue weighted by atomic mass is 10.1. The first-order valence-electron chi connectivity index (χ1n) is 5.17. The molecule has 2 rings (SSSR count). The Morgan fingerprint density at radius 1 is 1.18 bits per heavy atom. The van der Waals surface area contributed by atoms with Gasteiger partial charge in [-0.3, -0.25) is 5.32 Å². The van der Waals surface area contributed by atoms with Crippen LogP contribution in [-0.2, 0) is 0 Å². The first-order chi connectivity index (χ1) is 8.06. The van der Waals surface area contributed by atoms with Crippen molar-refractivity contribution in [3.05, 3.63) is 35.5 Å². The predicted octanol–water partition coefficient (Wildman–Crippen LogP) is 1.73. The largest absolute Gasteiger partial charge is 0.378 e. The van der Waals surface area contributed by atoms with Crippen LogP contribution in [0.15, 0.2) is 30.0 Å². The van der Waals surface area contributed by atoms with Gasteiger partial charge >= 0.3 is 6.03 Å². The number of thiocarbonyl (C=S) groups is 1. The molecule has 1 aliphatic rings. The minimum absolute atomic E-state index is 0.272. The van der Waals surface area contributed by atoms with E-state index in [-0.39, 0.29) is 6.03 Å². The van der Waals surface area contributed by atoms with Gasteiger partial charge in [-0.1, -0.05) is 24.4 Å². The quantitative estimate of drug-likeness (QED) is 0.618. The first-order valence-corrected chi connectivity index (χ1v) is 5.58. The predicted molar refractivity (Wildman–Crippen MR) is 73.0 cm³/mol. The van der Waals surface area contributed by atoms with Crippen LogP contribution < -0.4 is 15.5 Å². The zero-order valence-corrected chi connectivity index (χ0v) is 10.5. The fourth-order valence-corrected chi connectivity index (χ4v) is 1.72. The number of carbonyl (C=O) groups excluding carboxylic acids is 1. The monoisotopic (exact) mass is 247 g/mol. The molecule has 0 bridgehead atoms. The Kier molecular flexibility index (Phi) is 3.10. The van der Waals surface area contributed by atoms with Gasteiger partial charge in [-0.2, -0.15) is 0 Å². The van der Waals surface area contributed by atoms with Gasteiger partial charge in [-0.05, 0) is 23.8 Å². The van der Waals surface area contributed by atoms with E-state index in [2.05, 4.69) is 10.6 Å². The zero-order chi connectivity index (χ0) is 12.4. The number of urea groups is 1. The Balaban J connectivity index is 2.21. The number of anilines is 1. The molecule has 4 nitrogen and oxygen atoms in total. The van der Waals surface area contributed by atoms with Crippen LogP contribution in [0.4, 0.5) is 10.5 Å². The molecule has 88 valence electrons. The van der Waals surface area contributed by atoms with Gasteiger partial charge in [0.2, 0.25) is 0 Å². The van der Waals surface area contributed by atoms with Crippen LogP contribution in [0, 0.1) is 0 Å². The summed E-state index contributed by atoms with van der Waals surface area (Å²) in [5.74, 6) is 0. The van der Waals surface area contributed by atoms with Crippen LogP contribution in [0.2, 0.25) is 0 Å². The topological polar surface area (TPSA) is 44.4 Å². The number of hydrogen-bond acceptors (Lipinski definition) is 3. The molecule has 5 heteroatoms. The van der Waals surface area contributed by atoms with Gasteiger partial charge in [0.15, 0.2) is 0 Å². The fourth-order valence-electron chi connectivity index (χ4n) is 1.52. The molecule has 1 saturated heterocycles. The molecule has 1 fully saturated rings. The molecule has 2 N–H and O–H groups in total. The van der Waals surface area contributed by atoms with E-state index in [9.17, 15) is 4.79 Å². The lowest BCUT2D eigenvalue weighted by Gasteiger charge is -2.11. The molecule has 1 heterocycles. The van der Waals surface area contributed by atoms with Gasteiger partial charge < -0.3 is 10.2 Å². The molecule has 1 aliphatic heterocycles. The van der Waals surface area contributed by atoms with Crippen molar-refractivity contribution in [2.24, 2.45) is 0 Å². The van der Waals surface area contributed by atoms with Gasteiger partial charge in [0.25, 0.3) is 0 Å². The third-order valence-corrected chi connectivity index (χ3v) is 2.76. The van der Waals surface area contributed by atoms with E-state index in [0.29, 0.717) is 10.7 Å². The number of carbonyl (C=O) groups is 1. The molecule has 0 radical (unpaired) electrons. The minimum Gasteiger partial charge on any atom is -0.378 e. The normalized spacial score (nSPS) is 16.9. The Morgan fingerprint density at radius 2 is 1.82 bits per heavy atom. The van der Waals surface area contributed by atoms with Crippen molar-refractivity contribution in [2.75, 3.05) is 19.0 Å². The summed E-state index contributed by atoms with van der Waals surface area (Å²) in [5.41, 5.74) is 2.77. The lowest BCUT2D eigenvalue weighted by Crippen LogP contribution is -2.21. The third kappa shape index (κ3) is 2.62. The van der Waals surface area contributed by atoms with Gasteiger partial charge in [0, 0.05) is 19.8 Å². The Morgan fingerprint density at radius 3 is 2.29 bits per heavy atom. The summed E-state index contributed by atoms with van der Waals surface area (Å²) in [6.07, 6.45) is 1.85. The Labute approximate surface area is 105 Å². The van der Waals surface area contributed by atoms with E-state index >= 15 is 0 Å². The fraction of sp³-hybridized carbons (Fsp3) is 0.167. The summed E-state index contributed by atoms with van der Waals surface area (Å²) in [6.45, 7) is 0. The highest BCUT2D eigenvalue weighted by molar-refractivity contribution is 7.80. The Hall–Kier alpha value is -1.88. The average Bonchev–Trinajstić information content (AvgIpc) is 2.58. The maximum Gasteiger partial charge on any atom is 0.324 e. The molecular formula is C12H13N3OS. The molecule has 0 aromatic heterocycles. The van der Waals surface area contributed by atoms with Crippen molar-refractivity contribution in [1.29, 1.82) is 0 Å². The number of nitrogens with one attached hydrogen (secondary N) is 2. The molecule has 0 aliphatic carbocycles. The van der Waals surface area contributed by atoms with Gasteiger partial charge in [0.05, 0.1) is 5.70 Å². The molecule has 0 spiro atoms. The second-order valence-corrected chi connectivity index (χ2v) is 4.36. The summed E-state index contributed by atoms with van der Waals surface area (Å²) in [6, 6.07) is 7.72. The number of amides is 2. The average molecular weight is 247 g/mol. The summed E-state index contributed by atoms with van der Waals surface area (Å²) in [4.78, 5) is 13.5. The second kappa shape index (κ2) is 4.55. The molecule has 17 heavy (non-hydrogen) atoms. The smallest absolute Gasteiger partial charge is 0.324 e. The number of rotatable bonds is 2. The van der Waals surface area contributed by atoms with Crippen LogP contribution in [-0.4, -0.2) is 25.1 Å². The van der Waals surface area contributed by atoms with Crippen molar-refractivity contribution >= 4 is 35.0 Å². The van der Waals surface area contributed by atoms with Crippen molar-refractivity contribution in [2.45, 2.75) is 0 Å². The zero-order valence-electron chi connectivity index (χ0n) is 9.65. The molecule has 2 amide bonds. The lowest BCUT2D eigenvalue weighted by molar-refractivity contribution is 0.250. The highest BCUT2D eigenvalue weighted by Gasteiger charge is 2.18. The van der Waals surface area contributed by atoms with E-state index in [1.807, 2.05) is 49.3 Å². The van der Waals surface area contributed by atoms with E-state index < -0.39 is 0 Å². The Bertz CT molecular complexity index is 491. The van der Waals surface area contributed by atoms with Crippen LogP contribution in [0.1, 0.15) is 5.56 Å². The van der Waals surface area contributed by atoms with Crippen molar-refractivity contribution in [3.8, 4) is 0 Å². The SMILES string of the molecule is CN(C)c1ccc(/C=C2/NC(=O)NC2=S)cc1. The maximum atomic E-state index is 11.0. The number of nitrogens with zero attached hydrogens (tertiary/aromatic N) is 1. The van der Waals surface area contributed by atoms with E-state index in [1.54, 1.807) is 0 Å².